The van der Waals surface area contributed by atoms with Crippen molar-refractivity contribution in [2.24, 2.45) is 17.1 Å². The first-order valence-electron chi connectivity index (χ1n) is 7.13. The molecule has 0 aromatic heterocycles. The van der Waals surface area contributed by atoms with Crippen molar-refractivity contribution in [2.75, 3.05) is 6.54 Å². The van der Waals surface area contributed by atoms with Crippen molar-refractivity contribution in [3.63, 3.8) is 0 Å². The van der Waals surface area contributed by atoms with Crippen molar-refractivity contribution >= 4 is 5.69 Å². The molecule has 20 heavy (non-hydrogen) atoms. The van der Waals surface area contributed by atoms with Gasteiger partial charge in [-0.3, -0.25) is 10.1 Å². The molecule has 0 bridgehead atoms. The van der Waals surface area contributed by atoms with Crippen LogP contribution in [0.3, 0.4) is 0 Å². The minimum absolute atomic E-state index is 0.100. The molecule has 2 rings (SSSR count). The molecule has 1 fully saturated rings. The number of nitro benzene ring substituents is 1. The van der Waals surface area contributed by atoms with Gasteiger partial charge in [-0.05, 0) is 49.1 Å². The third kappa shape index (κ3) is 2.82. The summed E-state index contributed by atoms with van der Waals surface area (Å²) in [6, 6.07) is 4.39. The smallest absolute Gasteiger partial charge is 0.305 e. The number of nitrogens with two attached hydrogens (primary N) is 1. The highest BCUT2D eigenvalue weighted by Crippen LogP contribution is 2.45. The van der Waals surface area contributed by atoms with E-state index in [2.05, 4.69) is 6.92 Å². The first kappa shape index (κ1) is 14.9. The molecule has 0 spiro atoms. The van der Waals surface area contributed by atoms with Crippen LogP contribution in [0.4, 0.5) is 10.1 Å². The van der Waals surface area contributed by atoms with Crippen LogP contribution in [0.5, 0.6) is 0 Å². The SMILES string of the molecule is CCC1CCC(CN)(Cc2cccc([N+](=O)[O-])c2F)C1. The molecule has 0 saturated heterocycles. The Kier molecular flexibility index (Phi) is 4.38. The van der Waals surface area contributed by atoms with Crippen LogP contribution in [0.15, 0.2) is 18.2 Å². The van der Waals surface area contributed by atoms with Crippen LogP contribution in [-0.2, 0) is 6.42 Å². The van der Waals surface area contributed by atoms with E-state index >= 15 is 0 Å². The Hall–Kier alpha value is -1.49. The van der Waals surface area contributed by atoms with Gasteiger partial charge in [0, 0.05) is 6.07 Å². The summed E-state index contributed by atoms with van der Waals surface area (Å²) in [5, 5.41) is 10.8. The number of nitrogens with zero attached hydrogens (tertiary/aromatic N) is 1. The molecule has 0 heterocycles. The van der Waals surface area contributed by atoms with Gasteiger partial charge in [0.25, 0.3) is 0 Å². The lowest BCUT2D eigenvalue weighted by atomic mass is 9.79. The maximum atomic E-state index is 14.2. The van der Waals surface area contributed by atoms with E-state index in [1.165, 1.54) is 6.07 Å². The van der Waals surface area contributed by atoms with Gasteiger partial charge < -0.3 is 5.73 Å². The van der Waals surface area contributed by atoms with Gasteiger partial charge in [-0.15, -0.1) is 0 Å². The molecule has 0 amide bonds. The molecule has 0 aliphatic heterocycles. The largest absolute Gasteiger partial charge is 0.330 e. The lowest BCUT2D eigenvalue weighted by molar-refractivity contribution is -0.387. The van der Waals surface area contributed by atoms with Crippen molar-refractivity contribution in [2.45, 2.75) is 39.0 Å². The van der Waals surface area contributed by atoms with E-state index in [-0.39, 0.29) is 5.41 Å². The van der Waals surface area contributed by atoms with Crippen molar-refractivity contribution in [3.8, 4) is 0 Å². The predicted octanol–water partition coefficient (Wildman–Crippen LogP) is 3.43. The van der Waals surface area contributed by atoms with Crippen molar-refractivity contribution < 1.29 is 9.31 Å². The van der Waals surface area contributed by atoms with Gasteiger partial charge in [-0.25, -0.2) is 0 Å². The molecular weight excluding hydrogens is 259 g/mol. The zero-order valence-electron chi connectivity index (χ0n) is 11.8. The third-order valence-electron chi connectivity index (χ3n) is 4.64. The summed E-state index contributed by atoms with van der Waals surface area (Å²) in [6.45, 7) is 2.66. The minimum atomic E-state index is -0.703. The number of hydrogen-bond acceptors (Lipinski definition) is 3. The van der Waals surface area contributed by atoms with Gasteiger partial charge >= 0.3 is 5.69 Å². The van der Waals surface area contributed by atoms with Crippen molar-refractivity contribution in [3.05, 3.63) is 39.7 Å². The normalized spacial score (nSPS) is 25.9. The highest BCUT2D eigenvalue weighted by atomic mass is 19.1. The summed E-state index contributed by atoms with van der Waals surface area (Å²) < 4.78 is 14.2. The van der Waals surface area contributed by atoms with Crippen LogP contribution >= 0.6 is 0 Å². The average Bonchev–Trinajstić information content (AvgIpc) is 2.85. The molecule has 1 aliphatic rings. The maximum Gasteiger partial charge on any atom is 0.305 e. The topological polar surface area (TPSA) is 69.2 Å². The Morgan fingerprint density at radius 2 is 2.30 bits per heavy atom. The Labute approximate surface area is 118 Å². The minimum Gasteiger partial charge on any atom is -0.330 e. The van der Waals surface area contributed by atoms with Crippen LogP contribution < -0.4 is 5.73 Å². The summed E-state index contributed by atoms with van der Waals surface area (Å²) in [5.41, 5.74) is 5.80. The van der Waals surface area contributed by atoms with E-state index in [4.69, 9.17) is 5.73 Å². The molecule has 5 heteroatoms. The number of hydrogen-bond donors (Lipinski definition) is 1. The third-order valence-corrected chi connectivity index (χ3v) is 4.64. The van der Waals surface area contributed by atoms with E-state index in [1.54, 1.807) is 12.1 Å². The first-order valence-corrected chi connectivity index (χ1v) is 7.13. The molecule has 110 valence electrons. The van der Waals surface area contributed by atoms with E-state index in [1.807, 2.05) is 0 Å². The monoisotopic (exact) mass is 280 g/mol. The van der Waals surface area contributed by atoms with Crippen LogP contribution in [0.25, 0.3) is 0 Å². The second-order valence-corrected chi connectivity index (χ2v) is 5.91. The van der Waals surface area contributed by atoms with Crippen LogP contribution in [0, 0.1) is 27.3 Å². The lowest BCUT2D eigenvalue weighted by Crippen LogP contribution is -2.30. The van der Waals surface area contributed by atoms with Gasteiger partial charge in [0.1, 0.15) is 0 Å². The second kappa shape index (κ2) is 5.87. The Balaban J connectivity index is 2.25. The summed E-state index contributed by atoms with van der Waals surface area (Å²) in [7, 11) is 0. The zero-order chi connectivity index (χ0) is 14.8. The molecule has 2 atom stereocenters. The fraction of sp³-hybridized carbons (Fsp3) is 0.600. The van der Waals surface area contributed by atoms with E-state index in [9.17, 15) is 14.5 Å². The number of halogens is 1. The molecule has 2 unspecified atom stereocenters. The van der Waals surface area contributed by atoms with Gasteiger partial charge in [-0.1, -0.05) is 25.5 Å². The molecule has 0 radical (unpaired) electrons. The summed E-state index contributed by atoms with van der Waals surface area (Å²) >= 11 is 0. The van der Waals surface area contributed by atoms with E-state index in [0.717, 1.165) is 25.7 Å². The quantitative estimate of drug-likeness (QED) is 0.663. The van der Waals surface area contributed by atoms with Crippen molar-refractivity contribution in [1.82, 2.24) is 0 Å². The number of rotatable bonds is 5. The standard InChI is InChI=1S/C15H21FN2O2/c1-2-11-6-7-15(8-11,10-17)9-12-4-3-5-13(14(12)16)18(19)20/h3-5,11H,2,6-10,17H2,1H3. The van der Waals surface area contributed by atoms with Gasteiger partial charge in [0.05, 0.1) is 4.92 Å². The van der Waals surface area contributed by atoms with E-state index in [0.29, 0.717) is 24.4 Å². The zero-order valence-corrected chi connectivity index (χ0v) is 11.8. The first-order chi connectivity index (χ1) is 9.51. The average molecular weight is 280 g/mol. The molecule has 1 aliphatic carbocycles. The van der Waals surface area contributed by atoms with Gasteiger partial charge in [0.2, 0.25) is 5.82 Å². The predicted molar refractivity (Wildman–Crippen MR) is 75.9 cm³/mol. The molecule has 1 saturated carbocycles. The molecule has 2 N–H and O–H groups in total. The molecule has 4 nitrogen and oxygen atoms in total. The Morgan fingerprint density at radius 3 is 2.85 bits per heavy atom. The van der Waals surface area contributed by atoms with Gasteiger partial charge in [-0.2, -0.15) is 4.39 Å². The van der Waals surface area contributed by atoms with Crippen molar-refractivity contribution in [1.29, 1.82) is 0 Å². The Bertz CT molecular complexity index is 507. The molecular formula is C15H21FN2O2. The molecule has 1 aromatic rings. The fourth-order valence-electron chi connectivity index (χ4n) is 3.34. The number of benzene rings is 1. The highest BCUT2D eigenvalue weighted by molar-refractivity contribution is 5.37. The van der Waals surface area contributed by atoms with E-state index < -0.39 is 16.4 Å². The highest BCUT2D eigenvalue weighted by Gasteiger charge is 2.38. The summed E-state index contributed by atoms with van der Waals surface area (Å²) in [5.74, 6) is -0.0643. The van der Waals surface area contributed by atoms with Gasteiger partial charge in [0.15, 0.2) is 0 Å². The number of nitro groups is 1. The fourth-order valence-corrected chi connectivity index (χ4v) is 3.34. The second-order valence-electron chi connectivity index (χ2n) is 5.91. The summed E-state index contributed by atoms with van der Waals surface area (Å²) in [4.78, 5) is 10.1. The van der Waals surface area contributed by atoms with Crippen LogP contribution in [-0.4, -0.2) is 11.5 Å². The maximum absolute atomic E-state index is 14.2. The van der Waals surface area contributed by atoms with Crippen LogP contribution in [0.1, 0.15) is 38.2 Å². The molecule has 1 aromatic carbocycles. The Morgan fingerprint density at radius 1 is 1.55 bits per heavy atom. The van der Waals surface area contributed by atoms with Crippen LogP contribution in [0.2, 0.25) is 0 Å². The lowest BCUT2D eigenvalue weighted by Gasteiger charge is -2.28. The summed E-state index contributed by atoms with van der Waals surface area (Å²) in [6.07, 6.45) is 4.68.